The van der Waals surface area contributed by atoms with Crippen LogP contribution in [0.4, 0.5) is 0 Å². The average molecular weight is 1220 g/mol. The topological polar surface area (TPSA) is 267 Å². The van der Waals surface area contributed by atoms with E-state index in [0.717, 1.165) is 96.3 Å². The normalized spacial score (nSPS) is 29.0. The molecular weight excluding hydrogens is 1130 g/mol. The van der Waals surface area contributed by atoms with E-state index in [1.165, 1.54) is 0 Å². The van der Waals surface area contributed by atoms with Gasteiger partial charge in [-0.05, 0) is 128 Å². The maximum absolute atomic E-state index is 12.6. The fraction of sp³-hybridized carbons (Fsp3) is 0.825. The Bertz CT molecular complexity index is 1950. The first kappa shape index (κ1) is 63.8. The van der Waals surface area contributed by atoms with Gasteiger partial charge < -0.3 is 42.4 Å². The Hall–Kier alpha value is -3.69. The molecule has 420 valence electrons. The number of Topliss-reactive ketones (excluding diaryl/α,β-unsaturated/α-hetero) is 4. The second kappa shape index (κ2) is 32.3. The van der Waals surface area contributed by atoms with E-state index in [9.17, 15) is 47.9 Å². The van der Waals surface area contributed by atoms with Gasteiger partial charge in [-0.1, -0.05) is 32.1 Å². The summed E-state index contributed by atoms with van der Waals surface area (Å²) in [6.45, 7) is 7.82. The van der Waals surface area contributed by atoms with Gasteiger partial charge in [0.15, 0.2) is 0 Å². The molecule has 12 unspecified atom stereocenters. The van der Waals surface area contributed by atoms with Gasteiger partial charge in [0.1, 0.15) is 23.1 Å². The van der Waals surface area contributed by atoms with Crippen LogP contribution in [-0.2, 0) is 69.0 Å². The van der Waals surface area contributed by atoms with Crippen molar-refractivity contribution in [3.63, 3.8) is 0 Å². The zero-order valence-electron chi connectivity index (χ0n) is 45.6. The summed E-state index contributed by atoms with van der Waals surface area (Å²) in [5, 5.41) is 17.8. The molecule has 75 heavy (non-hydrogen) atoms. The molecule has 6 rings (SSSR count). The van der Waals surface area contributed by atoms with E-state index in [-0.39, 0.29) is 144 Å². The first-order chi connectivity index (χ1) is 35.3. The molecule has 0 radical (unpaired) electrons. The minimum atomic E-state index is -0.142. The van der Waals surface area contributed by atoms with Crippen LogP contribution in [0.5, 0.6) is 0 Å². The molecule has 5 amide bonds. The van der Waals surface area contributed by atoms with Crippen LogP contribution in [-0.4, -0.2) is 110 Å². The predicted octanol–water partition coefficient (Wildman–Crippen LogP) is 6.13. The van der Waals surface area contributed by atoms with E-state index in [1.54, 1.807) is 7.05 Å². The Morgan fingerprint density at radius 3 is 1.12 bits per heavy atom. The molecule has 0 spiro atoms. The van der Waals surface area contributed by atoms with Crippen molar-refractivity contribution in [3.05, 3.63) is 5.73 Å². The van der Waals surface area contributed by atoms with Gasteiger partial charge in [-0.15, -0.1) is 12.0 Å². The van der Waals surface area contributed by atoms with Crippen LogP contribution in [0.15, 0.2) is 0 Å². The van der Waals surface area contributed by atoms with E-state index in [1.807, 2.05) is 6.29 Å². The fourth-order valence-electron chi connectivity index (χ4n) is 12.8. The van der Waals surface area contributed by atoms with Crippen molar-refractivity contribution >= 4 is 59.0 Å². The molecule has 0 aromatic carbocycles. The number of hydrogen-bond donors (Lipinski definition) is 6. The minimum Gasteiger partial charge on any atom is -0.675 e. The molecule has 6 fully saturated rings. The second-order valence-electron chi connectivity index (χ2n) is 24.2. The van der Waals surface area contributed by atoms with Crippen molar-refractivity contribution in [2.75, 3.05) is 33.2 Å². The van der Waals surface area contributed by atoms with Gasteiger partial charge in [0.05, 0.1) is 0 Å². The Kier molecular flexibility index (Phi) is 27.5. The van der Waals surface area contributed by atoms with Crippen molar-refractivity contribution in [3.8, 4) is 0 Å². The van der Waals surface area contributed by atoms with Crippen LogP contribution >= 0.6 is 0 Å². The van der Waals surface area contributed by atoms with Crippen LogP contribution in [0, 0.1) is 59.2 Å². The third-order valence-electron chi connectivity index (χ3n) is 16.8. The molecule has 0 saturated heterocycles. The van der Waals surface area contributed by atoms with Crippen LogP contribution in [0.3, 0.4) is 0 Å². The molecule has 0 bridgehead atoms. The third-order valence-corrected chi connectivity index (χ3v) is 16.8. The van der Waals surface area contributed by atoms with Crippen LogP contribution < -0.4 is 31.9 Å². The Morgan fingerprint density at radius 1 is 0.440 bits per heavy atom. The van der Waals surface area contributed by atoms with E-state index in [4.69, 9.17) is 5.73 Å². The summed E-state index contributed by atoms with van der Waals surface area (Å²) in [6, 6.07) is 0.227. The minimum absolute atomic E-state index is 0. The largest absolute Gasteiger partial charge is 2.00 e. The molecule has 6 aliphatic rings. The summed E-state index contributed by atoms with van der Waals surface area (Å²) in [5.41, 5.74) is 7.74. The molecule has 17 nitrogen and oxygen atoms in total. The van der Waals surface area contributed by atoms with Gasteiger partial charge in [-0.25, -0.2) is 0 Å². The number of carbonyl (C=O) groups excluding carboxylic acids is 10. The van der Waals surface area contributed by atoms with Crippen molar-refractivity contribution < 1.29 is 69.0 Å². The van der Waals surface area contributed by atoms with Crippen molar-refractivity contribution in [2.24, 2.45) is 59.2 Å². The summed E-state index contributed by atoms with van der Waals surface area (Å²) in [4.78, 5) is 122. The van der Waals surface area contributed by atoms with Crippen LogP contribution in [0.1, 0.15) is 188 Å². The van der Waals surface area contributed by atoms with Crippen LogP contribution in [0.2, 0.25) is 0 Å². The quantitative estimate of drug-likeness (QED) is 0.0510. The van der Waals surface area contributed by atoms with Gasteiger partial charge in [0.2, 0.25) is 29.5 Å². The predicted molar refractivity (Wildman–Crippen MR) is 282 cm³/mol. The summed E-state index contributed by atoms with van der Waals surface area (Å²) in [6.07, 6.45) is 19.7. The standard InChI is InChI=1S/C30H48N3O5.C27H43N4O5.W/c1-30(2,3)33-25-9-8-24(18-25)29(38)32-13-11-27(36)17-21-6-7-23(15-21)28(37)31-12-10-26(35)16-20-4-5-22(14-20)19-34;1-29-25(34)19-4-2-17(12-19)14-23(32)8-10-30-26(35)20-5-3-18(13-20)15-24(33)9-11-31-27(36)21-6-7-22(28)16-21;/h20-25,33H,4-18H2,1-3H3,(H,31,37)(H,32,38);17-22,28H,2-16H2,1H3,(H,29,34)(H,30,35)(H,31,36);/q2*-1;+2. The maximum Gasteiger partial charge on any atom is 2.00 e. The molecule has 0 heterocycles. The van der Waals surface area contributed by atoms with Gasteiger partial charge >= 0.3 is 21.1 Å². The van der Waals surface area contributed by atoms with Crippen molar-refractivity contribution in [1.82, 2.24) is 31.9 Å². The smallest absolute Gasteiger partial charge is 0.675 e. The molecule has 7 N–H and O–H groups in total. The number of nitrogens with one attached hydrogen (secondary N) is 7. The van der Waals surface area contributed by atoms with Gasteiger partial charge in [0.25, 0.3) is 0 Å². The molecular formula is C57H91N7O10W. The molecule has 6 saturated carbocycles. The van der Waals surface area contributed by atoms with Crippen LogP contribution in [0.25, 0.3) is 5.73 Å². The summed E-state index contributed by atoms with van der Waals surface area (Å²) in [7, 11) is 1.64. The third kappa shape index (κ3) is 23.0. The van der Waals surface area contributed by atoms with Crippen molar-refractivity contribution in [2.45, 2.75) is 205 Å². The first-order valence-corrected chi connectivity index (χ1v) is 28.5. The molecule has 0 aliphatic heterocycles. The summed E-state index contributed by atoms with van der Waals surface area (Å²) < 4.78 is 0. The van der Waals surface area contributed by atoms with E-state index in [2.05, 4.69) is 52.7 Å². The SMILES string of the molecule is CC(C)(C)NC1CCC(C(=O)NCCC(=O)CC2CCC(C(=O)NCCC(=O)CC3CCC([C-]=O)C3)C2)C1.CNC(=O)C1CCC(CC(=O)CCNC(=O)C2CCC(CC(=O)CCNC(=O)C3CCC([NH-])C3)C2)C1.[W+2]. The fourth-order valence-corrected chi connectivity index (χ4v) is 12.8. The maximum atomic E-state index is 12.6. The van der Waals surface area contributed by atoms with E-state index >= 15 is 0 Å². The average Bonchev–Trinajstić information content (AvgIpc) is 4.22. The molecule has 0 aromatic heterocycles. The van der Waals surface area contributed by atoms with Gasteiger partial charge in [-0.3, -0.25) is 49.4 Å². The zero-order valence-corrected chi connectivity index (χ0v) is 48.6. The van der Waals surface area contributed by atoms with E-state index < -0.39 is 0 Å². The Morgan fingerprint density at radius 2 is 0.773 bits per heavy atom. The number of carbonyl (C=O) groups is 9. The zero-order chi connectivity index (χ0) is 53.8. The summed E-state index contributed by atoms with van der Waals surface area (Å²) >= 11 is 0. The number of ketones is 4. The van der Waals surface area contributed by atoms with Crippen molar-refractivity contribution in [1.29, 1.82) is 0 Å². The molecule has 0 aromatic rings. The number of hydrogen-bond acceptors (Lipinski definition) is 11. The number of amides is 5. The second-order valence-corrected chi connectivity index (χ2v) is 24.2. The number of rotatable bonds is 27. The Balaban J connectivity index is 0.000000321. The molecule has 18 heteroatoms. The monoisotopic (exact) mass is 1220 g/mol. The Labute approximate surface area is 461 Å². The van der Waals surface area contributed by atoms with Gasteiger partial charge in [0, 0.05) is 126 Å². The molecule has 12 atom stereocenters. The molecule has 6 aliphatic carbocycles. The first-order valence-electron chi connectivity index (χ1n) is 28.5. The van der Waals surface area contributed by atoms with E-state index in [0.29, 0.717) is 103 Å². The summed E-state index contributed by atoms with van der Waals surface area (Å²) in [5.74, 6) is 1.20. The van der Waals surface area contributed by atoms with Gasteiger partial charge in [-0.2, -0.15) is 0 Å².